The lowest BCUT2D eigenvalue weighted by Gasteiger charge is -2.13. The van der Waals surface area contributed by atoms with Gasteiger partial charge in [0.05, 0.1) is 4.90 Å². The summed E-state index contributed by atoms with van der Waals surface area (Å²) in [6, 6.07) is 3.46. The number of rotatable bonds is 6. The maximum absolute atomic E-state index is 12.3. The maximum atomic E-state index is 12.3. The Morgan fingerprint density at radius 2 is 2.16 bits per heavy atom. The van der Waals surface area contributed by atoms with Gasteiger partial charge in [-0.3, -0.25) is 0 Å². The third kappa shape index (κ3) is 3.64. The Kier molecular flexibility index (Phi) is 4.75. The van der Waals surface area contributed by atoms with Crippen molar-refractivity contribution in [1.29, 1.82) is 0 Å². The molecule has 0 saturated carbocycles. The summed E-state index contributed by atoms with van der Waals surface area (Å²) in [4.78, 5) is 0.993. The van der Waals surface area contributed by atoms with Crippen LogP contribution < -0.4 is 10.5 Å². The van der Waals surface area contributed by atoms with E-state index in [1.165, 1.54) is 11.3 Å². The van der Waals surface area contributed by atoms with E-state index < -0.39 is 10.0 Å². The van der Waals surface area contributed by atoms with Gasteiger partial charge < -0.3 is 5.73 Å². The first-order chi connectivity index (χ1) is 9.03. The lowest BCUT2D eigenvalue weighted by atomic mass is 10.1. The predicted molar refractivity (Wildman–Crippen MR) is 80.0 cm³/mol. The number of sulfonamides is 1. The van der Waals surface area contributed by atoms with Crippen molar-refractivity contribution in [2.24, 2.45) is 5.73 Å². The second kappa shape index (κ2) is 6.15. The maximum Gasteiger partial charge on any atom is 0.241 e. The third-order valence-electron chi connectivity index (χ3n) is 2.66. The van der Waals surface area contributed by atoms with Crippen molar-refractivity contribution in [3.05, 3.63) is 38.7 Å². The molecule has 0 saturated heterocycles. The number of nitrogens with two attached hydrogens (primary N) is 1. The molecule has 2 aromatic heterocycles. The van der Waals surface area contributed by atoms with E-state index in [1.807, 2.05) is 23.8 Å². The smallest absolute Gasteiger partial charge is 0.241 e. The monoisotopic (exact) mass is 316 g/mol. The minimum Gasteiger partial charge on any atom is -0.326 e. The van der Waals surface area contributed by atoms with E-state index in [1.54, 1.807) is 22.8 Å². The number of thiophene rings is 2. The zero-order valence-electron chi connectivity index (χ0n) is 10.5. The number of nitrogens with one attached hydrogen (secondary N) is 1. The van der Waals surface area contributed by atoms with Gasteiger partial charge in [-0.2, -0.15) is 11.3 Å². The Labute approximate surface area is 121 Å². The van der Waals surface area contributed by atoms with E-state index in [4.69, 9.17) is 5.73 Å². The van der Waals surface area contributed by atoms with Gasteiger partial charge in [0.2, 0.25) is 10.0 Å². The topological polar surface area (TPSA) is 72.2 Å². The Morgan fingerprint density at radius 3 is 2.79 bits per heavy atom. The molecule has 0 amide bonds. The van der Waals surface area contributed by atoms with Crippen LogP contribution in [0.1, 0.15) is 17.4 Å². The van der Waals surface area contributed by atoms with E-state index >= 15 is 0 Å². The molecule has 1 unspecified atom stereocenters. The van der Waals surface area contributed by atoms with Crippen LogP contribution in [0.2, 0.25) is 0 Å². The second-order valence-corrected chi connectivity index (χ2v) is 7.73. The van der Waals surface area contributed by atoms with Crippen LogP contribution in [0.15, 0.2) is 33.2 Å². The second-order valence-electron chi connectivity index (χ2n) is 4.27. The average molecular weight is 316 g/mol. The molecule has 0 aliphatic heterocycles. The normalized spacial score (nSPS) is 13.6. The molecule has 0 aliphatic rings. The lowest BCUT2D eigenvalue weighted by molar-refractivity contribution is 0.559. The molecule has 1 atom stereocenters. The fraction of sp³-hybridized carbons (Fsp3) is 0.333. The quantitative estimate of drug-likeness (QED) is 0.858. The number of hydrogen-bond acceptors (Lipinski definition) is 5. The van der Waals surface area contributed by atoms with E-state index in [-0.39, 0.29) is 12.6 Å². The third-order valence-corrected chi connectivity index (χ3v) is 6.14. The zero-order valence-corrected chi connectivity index (χ0v) is 12.9. The minimum absolute atomic E-state index is 0.148. The first-order valence-corrected chi connectivity index (χ1v) is 9.13. The van der Waals surface area contributed by atoms with E-state index in [2.05, 4.69) is 4.72 Å². The average Bonchev–Trinajstić information content (AvgIpc) is 2.97. The van der Waals surface area contributed by atoms with Crippen LogP contribution in [-0.4, -0.2) is 14.5 Å². The molecule has 0 aliphatic carbocycles. The van der Waals surface area contributed by atoms with Gasteiger partial charge in [0.15, 0.2) is 0 Å². The Balaban J connectivity index is 2.09. The lowest BCUT2D eigenvalue weighted by Crippen LogP contribution is -2.34. The molecule has 0 aromatic carbocycles. The van der Waals surface area contributed by atoms with Gasteiger partial charge >= 0.3 is 0 Å². The van der Waals surface area contributed by atoms with Crippen molar-refractivity contribution in [3.8, 4) is 0 Å². The highest BCUT2D eigenvalue weighted by atomic mass is 32.2. The number of hydrogen-bond donors (Lipinski definition) is 2. The summed E-state index contributed by atoms with van der Waals surface area (Å²) in [5.41, 5.74) is 6.69. The van der Waals surface area contributed by atoms with Crippen molar-refractivity contribution in [3.63, 3.8) is 0 Å². The van der Waals surface area contributed by atoms with E-state index in [0.29, 0.717) is 16.2 Å². The fourth-order valence-corrected chi connectivity index (χ4v) is 5.11. The Bertz CT molecular complexity index is 617. The highest BCUT2D eigenvalue weighted by Crippen LogP contribution is 2.21. The van der Waals surface area contributed by atoms with Crippen LogP contribution in [-0.2, 0) is 23.0 Å². The molecule has 0 radical (unpaired) electrons. The minimum atomic E-state index is -3.48. The first-order valence-electron chi connectivity index (χ1n) is 5.83. The summed E-state index contributed by atoms with van der Waals surface area (Å²) in [5.74, 6) is 0. The summed E-state index contributed by atoms with van der Waals surface area (Å²) in [6.45, 7) is 2.11. The van der Waals surface area contributed by atoms with Crippen LogP contribution in [0.3, 0.4) is 0 Å². The van der Waals surface area contributed by atoms with Gasteiger partial charge in [-0.15, -0.1) is 11.3 Å². The Hall–Kier alpha value is -0.730. The summed E-state index contributed by atoms with van der Waals surface area (Å²) >= 11 is 2.98. The van der Waals surface area contributed by atoms with Gasteiger partial charge in [0.25, 0.3) is 0 Å². The van der Waals surface area contributed by atoms with Crippen molar-refractivity contribution in [2.75, 3.05) is 0 Å². The molecule has 0 bridgehead atoms. The highest BCUT2D eigenvalue weighted by Gasteiger charge is 2.21. The molecule has 0 spiro atoms. The Morgan fingerprint density at radius 1 is 1.37 bits per heavy atom. The molecule has 19 heavy (non-hydrogen) atoms. The highest BCUT2D eigenvalue weighted by molar-refractivity contribution is 7.89. The van der Waals surface area contributed by atoms with Crippen LogP contribution in [0, 0.1) is 0 Å². The molecular formula is C12H16N2O2S3. The van der Waals surface area contributed by atoms with E-state index in [0.717, 1.165) is 5.56 Å². The summed E-state index contributed by atoms with van der Waals surface area (Å²) in [7, 11) is -3.48. The van der Waals surface area contributed by atoms with Crippen LogP contribution in [0.4, 0.5) is 0 Å². The predicted octanol–water partition coefficient (Wildman–Crippen LogP) is 2.18. The first kappa shape index (κ1) is 14.7. The van der Waals surface area contributed by atoms with Gasteiger partial charge in [0.1, 0.15) is 0 Å². The summed E-state index contributed by atoms with van der Waals surface area (Å²) in [5, 5.41) is 5.77. The molecule has 4 nitrogen and oxygen atoms in total. The van der Waals surface area contributed by atoms with Crippen molar-refractivity contribution in [1.82, 2.24) is 4.72 Å². The van der Waals surface area contributed by atoms with Gasteiger partial charge in [-0.25, -0.2) is 13.1 Å². The summed E-state index contributed by atoms with van der Waals surface area (Å²) < 4.78 is 27.2. The molecule has 7 heteroatoms. The van der Waals surface area contributed by atoms with Crippen molar-refractivity contribution in [2.45, 2.75) is 30.8 Å². The molecule has 0 fully saturated rings. The van der Waals surface area contributed by atoms with Crippen LogP contribution in [0.5, 0.6) is 0 Å². The van der Waals surface area contributed by atoms with Crippen molar-refractivity contribution >= 4 is 32.7 Å². The van der Waals surface area contributed by atoms with Crippen LogP contribution in [0.25, 0.3) is 0 Å². The molecule has 3 N–H and O–H groups in total. The molecule has 2 rings (SSSR count). The standard InChI is InChI=1S/C12H16N2O2S3/c1-9(6-10-2-4-17-8-10)14-19(15,16)12-3-5-18-11(12)7-13/h2-5,8-9,14H,6-7,13H2,1H3. The van der Waals surface area contributed by atoms with Gasteiger partial charge in [-0.05, 0) is 47.2 Å². The molecule has 2 aromatic rings. The molecule has 2 heterocycles. The molecule has 104 valence electrons. The van der Waals surface area contributed by atoms with Crippen LogP contribution >= 0.6 is 22.7 Å². The largest absolute Gasteiger partial charge is 0.326 e. The molecular weight excluding hydrogens is 300 g/mol. The summed E-state index contributed by atoms with van der Waals surface area (Å²) in [6.07, 6.45) is 0.685. The SMILES string of the molecule is CC(Cc1ccsc1)NS(=O)(=O)c1ccsc1CN. The fourth-order valence-electron chi connectivity index (χ4n) is 1.85. The van der Waals surface area contributed by atoms with Gasteiger partial charge in [0, 0.05) is 17.5 Å². The van der Waals surface area contributed by atoms with Crippen molar-refractivity contribution < 1.29 is 8.42 Å². The van der Waals surface area contributed by atoms with Gasteiger partial charge in [-0.1, -0.05) is 0 Å². The zero-order chi connectivity index (χ0) is 13.9. The van der Waals surface area contributed by atoms with E-state index in [9.17, 15) is 8.42 Å².